The lowest BCUT2D eigenvalue weighted by atomic mass is 10.1. The Morgan fingerprint density at radius 1 is 0.711 bits per heavy atom. The molecule has 0 spiro atoms. The van der Waals surface area contributed by atoms with Crippen LogP contribution in [0.3, 0.4) is 0 Å². The van der Waals surface area contributed by atoms with Gasteiger partial charge in [0.1, 0.15) is 0 Å². The van der Waals surface area contributed by atoms with Crippen molar-refractivity contribution in [2.75, 3.05) is 37.2 Å². The van der Waals surface area contributed by atoms with E-state index in [9.17, 15) is 16.8 Å². The number of nitrogens with zero attached hydrogens (tertiary/aromatic N) is 6. The van der Waals surface area contributed by atoms with Crippen molar-refractivity contribution in [3.8, 4) is 0 Å². The number of aliphatic imine (C=N–C) groups is 4. The Hall–Kier alpha value is -4.42. The molecular formula is C27H41N11O5S2. The molecule has 45 heavy (non-hydrogen) atoms. The van der Waals surface area contributed by atoms with Gasteiger partial charge >= 0.3 is 0 Å². The molecule has 0 radical (unpaired) electrons. The molecule has 2 saturated heterocycles. The molecular weight excluding hydrogens is 623 g/mol. The second-order valence-electron chi connectivity index (χ2n) is 10.4. The smallest absolute Gasteiger partial charge is 0.294 e. The maximum Gasteiger partial charge on any atom is 0.294 e. The number of likely N-dealkylation sites (tertiary alicyclic amines) is 2. The number of sulfonamides is 1. The standard InChI is InChI=1S/C14H22N6O2S.C13H19N5O3S/c1-23(21,22)19-12-7-5-6-11(10-12)17-13(15)18-14(16)20-8-3-2-4-9-20;14-12(17-13(15)18-8-2-1-3-9-18)16-10-4-6-11(7-5-10)22(19,20)21/h5-7,10,19H,2-4,8-9H2,1H3,(H4,15,16,17,18);4-7H,1-3,8-9H2,(H,19,20,21)(H4,14,15,16,17). The van der Waals surface area contributed by atoms with Gasteiger partial charge in [0, 0.05) is 26.2 Å². The number of anilines is 1. The fourth-order valence-corrected chi connectivity index (χ4v) is 5.52. The van der Waals surface area contributed by atoms with E-state index in [0.29, 0.717) is 29.0 Å². The van der Waals surface area contributed by atoms with Gasteiger partial charge in [-0.25, -0.2) is 18.4 Å². The number of rotatable bonds is 5. The maximum atomic E-state index is 11.2. The number of piperidine rings is 2. The first kappa shape index (κ1) is 35.1. The minimum atomic E-state index is -4.22. The van der Waals surface area contributed by atoms with Gasteiger partial charge in [0.2, 0.25) is 21.9 Å². The van der Waals surface area contributed by atoms with Gasteiger partial charge in [-0.15, -0.1) is 0 Å². The normalized spacial score (nSPS) is 17.4. The molecule has 0 atom stereocenters. The highest BCUT2D eigenvalue weighted by Crippen LogP contribution is 2.19. The van der Waals surface area contributed by atoms with Crippen molar-refractivity contribution in [2.24, 2.45) is 42.9 Å². The van der Waals surface area contributed by atoms with Gasteiger partial charge in [-0.1, -0.05) is 6.07 Å². The summed E-state index contributed by atoms with van der Waals surface area (Å²) in [6.45, 7) is 3.45. The maximum absolute atomic E-state index is 11.2. The fourth-order valence-electron chi connectivity index (χ4n) is 4.48. The van der Waals surface area contributed by atoms with Crippen LogP contribution in [-0.4, -0.2) is 87.5 Å². The molecule has 2 aliphatic rings. The predicted octanol–water partition coefficient (Wildman–Crippen LogP) is 1.49. The van der Waals surface area contributed by atoms with Crippen LogP contribution >= 0.6 is 0 Å². The van der Waals surface area contributed by atoms with E-state index in [0.717, 1.165) is 58.1 Å². The minimum absolute atomic E-state index is 0.0114. The zero-order valence-electron chi connectivity index (χ0n) is 25.1. The van der Waals surface area contributed by atoms with Gasteiger partial charge in [-0.3, -0.25) is 9.27 Å². The lowest BCUT2D eigenvalue weighted by Gasteiger charge is -2.27. The molecule has 18 heteroatoms. The summed E-state index contributed by atoms with van der Waals surface area (Å²) < 4.78 is 55.6. The summed E-state index contributed by atoms with van der Waals surface area (Å²) in [7, 11) is -7.56. The van der Waals surface area contributed by atoms with Crippen LogP contribution in [0.4, 0.5) is 17.1 Å². The minimum Gasteiger partial charge on any atom is -0.369 e. The molecule has 2 aliphatic heterocycles. The predicted molar refractivity (Wildman–Crippen MR) is 178 cm³/mol. The first-order valence-electron chi connectivity index (χ1n) is 14.2. The Bertz CT molecular complexity index is 1630. The molecule has 0 aromatic heterocycles. The summed E-state index contributed by atoms with van der Waals surface area (Å²) in [5.74, 6) is 0.708. The van der Waals surface area contributed by atoms with Gasteiger partial charge < -0.3 is 32.7 Å². The second kappa shape index (κ2) is 16.1. The van der Waals surface area contributed by atoms with Crippen LogP contribution in [0.1, 0.15) is 38.5 Å². The lowest BCUT2D eigenvalue weighted by molar-refractivity contribution is 0.339. The van der Waals surface area contributed by atoms with E-state index in [1.54, 1.807) is 24.3 Å². The molecule has 0 amide bonds. The Labute approximate surface area is 263 Å². The largest absolute Gasteiger partial charge is 0.369 e. The third kappa shape index (κ3) is 12.6. The average Bonchev–Trinajstić information content (AvgIpc) is 2.97. The van der Waals surface area contributed by atoms with Crippen molar-refractivity contribution in [1.82, 2.24) is 9.80 Å². The first-order valence-corrected chi connectivity index (χ1v) is 17.5. The molecule has 246 valence electrons. The second-order valence-corrected chi connectivity index (χ2v) is 13.5. The highest BCUT2D eigenvalue weighted by atomic mass is 32.2. The van der Waals surface area contributed by atoms with Crippen molar-refractivity contribution >= 4 is 61.0 Å². The van der Waals surface area contributed by atoms with Gasteiger partial charge in [0.05, 0.1) is 28.2 Å². The third-order valence-corrected chi connectivity index (χ3v) is 8.06. The van der Waals surface area contributed by atoms with Crippen molar-refractivity contribution in [3.05, 3.63) is 48.5 Å². The molecule has 0 saturated carbocycles. The van der Waals surface area contributed by atoms with E-state index in [-0.39, 0.29) is 16.8 Å². The van der Waals surface area contributed by atoms with E-state index in [1.807, 2.05) is 9.80 Å². The highest BCUT2D eigenvalue weighted by Gasteiger charge is 2.14. The molecule has 2 aromatic rings. The molecule has 0 bridgehead atoms. The number of nitrogens with two attached hydrogens (primary N) is 4. The molecule has 2 aromatic carbocycles. The van der Waals surface area contributed by atoms with E-state index < -0.39 is 20.1 Å². The quantitative estimate of drug-likeness (QED) is 0.152. The summed E-state index contributed by atoms with van der Waals surface area (Å²) in [6.07, 6.45) is 7.80. The third-order valence-electron chi connectivity index (χ3n) is 6.59. The van der Waals surface area contributed by atoms with Crippen LogP contribution < -0.4 is 27.7 Å². The molecule has 10 N–H and O–H groups in total. The highest BCUT2D eigenvalue weighted by molar-refractivity contribution is 7.92. The number of guanidine groups is 4. The monoisotopic (exact) mass is 663 g/mol. The topological polar surface area (TPSA) is 261 Å². The van der Waals surface area contributed by atoms with Gasteiger partial charge in [0.25, 0.3) is 10.1 Å². The van der Waals surface area contributed by atoms with Crippen LogP contribution in [0.2, 0.25) is 0 Å². The number of hydrogen-bond donors (Lipinski definition) is 6. The Kier molecular flexibility index (Phi) is 12.5. The SMILES string of the molecule is CS(=O)(=O)Nc1cccc(N=C(N)N=C(N)N2CCCCC2)c1.NC(=Nc1ccc(S(=O)(=O)O)cc1)N=C(N)N1CCCCC1. The van der Waals surface area contributed by atoms with Crippen molar-refractivity contribution in [1.29, 1.82) is 0 Å². The summed E-state index contributed by atoms with van der Waals surface area (Å²) in [5.41, 5.74) is 24.7. The van der Waals surface area contributed by atoms with Crippen molar-refractivity contribution in [2.45, 2.75) is 43.4 Å². The van der Waals surface area contributed by atoms with Crippen LogP contribution in [-0.2, 0) is 20.1 Å². The molecule has 0 aliphatic carbocycles. The number of nitrogens with one attached hydrogen (secondary N) is 1. The molecule has 2 heterocycles. The number of hydrogen-bond acceptors (Lipinski definition) is 6. The molecule has 16 nitrogen and oxygen atoms in total. The zero-order chi connectivity index (χ0) is 33.0. The van der Waals surface area contributed by atoms with Gasteiger partial charge in [0.15, 0.2) is 11.9 Å². The first-order chi connectivity index (χ1) is 21.2. The summed E-state index contributed by atoms with van der Waals surface area (Å²) in [4.78, 5) is 20.1. The molecule has 4 rings (SSSR count). The van der Waals surface area contributed by atoms with E-state index >= 15 is 0 Å². The summed E-state index contributed by atoms with van der Waals surface area (Å²) in [5, 5.41) is 0. The molecule has 0 unspecified atom stereocenters. The fraction of sp³-hybridized carbons (Fsp3) is 0.407. The Morgan fingerprint density at radius 3 is 1.62 bits per heavy atom. The van der Waals surface area contributed by atoms with Crippen molar-refractivity contribution < 1.29 is 21.4 Å². The zero-order valence-corrected chi connectivity index (χ0v) is 26.7. The summed E-state index contributed by atoms with van der Waals surface area (Å²) in [6, 6.07) is 11.9. The lowest BCUT2D eigenvalue weighted by Crippen LogP contribution is -2.41. The Morgan fingerprint density at radius 2 is 1.18 bits per heavy atom. The van der Waals surface area contributed by atoms with E-state index in [4.69, 9.17) is 27.5 Å². The van der Waals surface area contributed by atoms with Gasteiger partial charge in [-0.05, 0) is 81.0 Å². The Balaban J connectivity index is 0.000000246. The average molecular weight is 664 g/mol. The van der Waals surface area contributed by atoms with Crippen LogP contribution in [0.25, 0.3) is 0 Å². The van der Waals surface area contributed by atoms with E-state index in [2.05, 4.69) is 24.7 Å². The van der Waals surface area contributed by atoms with Crippen LogP contribution in [0, 0.1) is 0 Å². The van der Waals surface area contributed by atoms with Gasteiger partial charge in [-0.2, -0.15) is 18.4 Å². The number of benzene rings is 2. The molecule has 2 fully saturated rings. The van der Waals surface area contributed by atoms with E-state index in [1.165, 1.54) is 37.1 Å². The summed E-state index contributed by atoms with van der Waals surface area (Å²) >= 11 is 0. The van der Waals surface area contributed by atoms with Crippen LogP contribution in [0.5, 0.6) is 0 Å². The van der Waals surface area contributed by atoms with Crippen LogP contribution in [0.15, 0.2) is 73.4 Å². The van der Waals surface area contributed by atoms with Crippen molar-refractivity contribution in [3.63, 3.8) is 0 Å².